The predicted molar refractivity (Wildman–Crippen MR) is 138 cm³/mol. The number of hydrogen-bond donors (Lipinski definition) is 5. The van der Waals surface area contributed by atoms with Crippen LogP contribution in [0, 0.1) is 0 Å². The molecule has 0 bridgehead atoms. The molecule has 2 aliphatic rings. The molecule has 2 fully saturated rings. The van der Waals surface area contributed by atoms with Gasteiger partial charge >= 0.3 is 6.03 Å². The topological polar surface area (TPSA) is 140 Å². The van der Waals surface area contributed by atoms with Crippen molar-refractivity contribution in [1.29, 1.82) is 0 Å². The molecule has 0 unspecified atom stereocenters. The van der Waals surface area contributed by atoms with Crippen LogP contribution in [0.25, 0.3) is 11.4 Å². The Bertz CT molecular complexity index is 1000. The standard InChI is InChI=1S/C24H35N5O5S/c1-35(32,33)24(9-2-3-10-24)20-17-21(29-12-15-34-16-13-29)28-22(27-20)18-5-7-19(8-6-18)26-23(31)25-11-4-14-30/h5-8,17,30,32-33H,2-4,9-16H2,1H3,(H2,25,26,31). The second kappa shape index (κ2) is 11.1. The minimum absolute atomic E-state index is 0.0228. The molecule has 0 radical (unpaired) electrons. The van der Waals surface area contributed by atoms with E-state index in [9.17, 15) is 13.9 Å². The van der Waals surface area contributed by atoms with Gasteiger partial charge in [-0.25, -0.2) is 14.8 Å². The third-order valence-electron chi connectivity index (χ3n) is 6.69. The van der Waals surface area contributed by atoms with Crippen LogP contribution >= 0.6 is 10.6 Å². The average Bonchev–Trinajstić information content (AvgIpc) is 3.37. The maximum atomic E-state index is 12.0. The molecular formula is C24H35N5O5S. The summed E-state index contributed by atoms with van der Waals surface area (Å²) in [7, 11) is -2.90. The molecule has 0 spiro atoms. The number of rotatable bonds is 8. The molecule has 1 saturated carbocycles. The Labute approximate surface area is 207 Å². The zero-order valence-electron chi connectivity index (χ0n) is 20.1. The van der Waals surface area contributed by atoms with Crippen molar-refractivity contribution in [3.63, 3.8) is 0 Å². The first-order valence-electron chi connectivity index (χ1n) is 12.0. The van der Waals surface area contributed by atoms with Gasteiger partial charge in [0.1, 0.15) is 10.6 Å². The smallest absolute Gasteiger partial charge is 0.319 e. The number of nitrogens with zero attached hydrogens (tertiary/aromatic N) is 3. The molecule has 0 atom stereocenters. The number of nitrogens with one attached hydrogen (secondary N) is 2. The van der Waals surface area contributed by atoms with E-state index >= 15 is 0 Å². The predicted octanol–water partition coefficient (Wildman–Crippen LogP) is 3.63. The summed E-state index contributed by atoms with van der Waals surface area (Å²) < 4.78 is 26.5. The molecule has 11 heteroatoms. The van der Waals surface area contributed by atoms with Gasteiger partial charge in [-0.2, -0.15) is 10.6 Å². The summed E-state index contributed by atoms with van der Waals surface area (Å²) in [4.78, 5) is 23.8. The molecule has 10 nitrogen and oxygen atoms in total. The van der Waals surface area contributed by atoms with E-state index in [-0.39, 0.29) is 12.6 Å². The van der Waals surface area contributed by atoms with Gasteiger partial charge < -0.3 is 25.4 Å². The number of aromatic nitrogens is 2. The molecule has 1 aliphatic carbocycles. The number of anilines is 2. The summed E-state index contributed by atoms with van der Waals surface area (Å²) in [6.45, 7) is 3.06. The van der Waals surface area contributed by atoms with Crippen LogP contribution in [0.4, 0.5) is 16.3 Å². The fourth-order valence-corrected chi connectivity index (χ4v) is 6.26. The first-order chi connectivity index (χ1) is 16.8. The lowest BCUT2D eigenvalue weighted by molar-refractivity contribution is 0.122. The SMILES string of the molecule is CS(O)(O)C1(c2cc(N3CCOCC3)nc(-c3ccc(NC(=O)NCCCO)cc3)n2)CCCC1. The number of aliphatic hydroxyl groups excluding tert-OH is 1. The van der Waals surface area contributed by atoms with Gasteiger partial charge in [-0.15, -0.1) is 0 Å². The highest BCUT2D eigenvalue weighted by Crippen LogP contribution is 2.63. The zero-order chi connectivity index (χ0) is 24.9. The van der Waals surface area contributed by atoms with E-state index in [0.29, 0.717) is 69.3 Å². The second-order valence-electron chi connectivity index (χ2n) is 9.10. The Morgan fingerprint density at radius 3 is 2.46 bits per heavy atom. The molecule has 4 rings (SSSR count). The number of urea groups is 1. The van der Waals surface area contributed by atoms with Gasteiger partial charge in [-0.3, -0.25) is 9.11 Å². The summed E-state index contributed by atoms with van der Waals surface area (Å²) in [6.07, 6.45) is 5.24. The van der Waals surface area contributed by atoms with E-state index in [1.807, 2.05) is 18.2 Å². The Hall–Kier alpha value is -2.44. The Balaban J connectivity index is 1.65. The van der Waals surface area contributed by atoms with Crippen molar-refractivity contribution in [2.75, 3.05) is 55.9 Å². The molecule has 2 aromatic rings. The third-order valence-corrected chi connectivity index (χ3v) is 8.79. The number of aliphatic hydroxyl groups is 1. The minimum atomic E-state index is -2.90. The largest absolute Gasteiger partial charge is 0.396 e. The molecule has 1 aromatic heterocycles. The molecule has 192 valence electrons. The van der Waals surface area contributed by atoms with Gasteiger partial charge in [0.25, 0.3) is 0 Å². The van der Waals surface area contributed by atoms with Crippen molar-refractivity contribution in [1.82, 2.24) is 15.3 Å². The first kappa shape index (κ1) is 25.6. The molecular weight excluding hydrogens is 470 g/mol. The lowest BCUT2D eigenvalue weighted by Gasteiger charge is -2.46. The molecule has 1 aromatic carbocycles. The highest BCUT2D eigenvalue weighted by molar-refractivity contribution is 8.24. The van der Waals surface area contributed by atoms with E-state index in [1.54, 1.807) is 12.1 Å². The van der Waals surface area contributed by atoms with Crippen molar-refractivity contribution in [2.45, 2.75) is 36.9 Å². The van der Waals surface area contributed by atoms with Crippen LogP contribution < -0.4 is 15.5 Å². The van der Waals surface area contributed by atoms with Crippen molar-refractivity contribution >= 4 is 28.1 Å². The maximum absolute atomic E-state index is 12.0. The van der Waals surface area contributed by atoms with Crippen LogP contribution in [0.1, 0.15) is 37.8 Å². The molecule has 1 saturated heterocycles. The summed E-state index contributed by atoms with van der Waals surface area (Å²) in [6, 6.07) is 8.84. The molecule has 5 N–H and O–H groups in total. The third kappa shape index (κ3) is 5.87. The average molecular weight is 506 g/mol. The van der Waals surface area contributed by atoms with Gasteiger partial charge in [0.15, 0.2) is 5.82 Å². The van der Waals surface area contributed by atoms with Crippen molar-refractivity contribution in [3.05, 3.63) is 36.0 Å². The highest BCUT2D eigenvalue weighted by Gasteiger charge is 2.46. The van der Waals surface area contributed by atoms with Crippen LogP contribution in [0.3, 0.4) is 0 Å². The van der Waals surface area contributed by atoms with Gasteiger partial charge in [0, 0.05) is 49.8 Å². The van der Waals surface area contributed by atoms with E-state index in [0.717, 1.165) is 24.2 Å². The lowest BCUT2D eigenvalue weighted by Crippen LogP contribution is -2.37. The van der Waals surface area contributed by atoms with Gasteiger partial charge in [0.2, 0.25) is 0 Å². The van der Waals surface area contributed by atoms with Crippen LogP contribution in [0.5, 0.6) is 0 Å². The van der Waals surface area contributed by atoms with E-state index in [1.165, 1.54) is 6.26 Å². The van der Waals surface area contributed by atoms with Gasteiger partial charge in [-0.1, -0.05) is 12.8 Å². The minimum Gasteiger partial charge on any atom is -0.396 e. The molecule has 2 heterocycles. The molecule has 35 heavy (non-hydrogen) atoms. The Morgan fingerprint density at radius 1 is 1.14 bits per heavy atom. The molecule has 1 aliphatic heterocycles. The lowest BCUT2D eigenvalue weighted by atomic mass is 10.0. The van der Waals surface area contributed by atoms with E-state index < -0.39 is 15.3 Å². The highest BCUT2D eigenvalue weighted by atomic mass is 32.3. The Morgan fingerprint density at radius 2 is 1.83 bits per heavy atom. The van der Waals surface area contributed by atoms with Crippen molar-refractivity contribution in [3.8, 4) is 11.4 Å². The number of carbonyl (C=O) groups excluding carboxylic acids is 1. The van der Waals surface area contributed by atoms with Crippen LogP contribution in [0.2, 0.25) is 0 Å². The quantitative estimate of drug-likeness (QED) is 0.343. The van der Waals surface area contributed by atoms with E-state index in [4.69, 9.17) is 19.8 Å². The van der Waals surface area contributed by atoms with Crippen LogP contribution in [-0.4, -0.2) is 75.9 Å². The maximum Gasteiger partial charge on any atom is 0.319 e. The second-order valence-corrected chi connectivity index (χ2v) is 11.6. The number of hydrogen-bond acceptors (Lipinski definition) is 8. The monoisotopic (exact) mass is 505 g/mol. The van der Waals surface area contributed by atoms with Crippen molar-refractivity contribution in [2.24, 2.45) is 0 Å². The van der Waals surface area contributed by atoms with Crippen LogP contribution in [0.15, 0.2) is 30.3 Å². The number of morpholine rings is 1. The van der Waals surface area contributed by atoms with Gasteiger partial charge in [0.05, 0.1) is 18.9 Å². The summed E-state index contributed by atoms with van der Waals surface area (Å²) in [5.74, 6) is 1.27. The summed E-state index contributed by atoms with van der Waals surface area (Å²) in [5.41, 5.74) is 2.07. The summed E-state index contributed by atoms with van der Waals surface area (Å²) in [5, 5.41) is 14.3. The Kier molecular flexibility index (Phi) is 8.12. The van der Waals surface area contributed by atoms with Gasteiger partial charge in [-0.05, 0) is 43.5 Å². The number of benzene rings is 1. The normalized spacial score (nSPS) is 18.3. The zero-order valence-corrected chi connectivity index (χ0v) is 20.9. The number of ether oxygens (including phenoxy) is 1. The first-order valence-corrected chi connectivity index (χ1v) is 14.0. The summed E-state index contributed by atoms with van der Waals surface area (Å²) >= 11 is 0. The van der Waals surface area contributed by atoms with Crippen molar-refractivity contribution < 1.29 is 23.7 Å². The fraction of sp³-hybridized carbons (Fsp3) is 0.542. The number of carbonyl (C=O) groups is 1. The van der Waals surface area contributed by atoms with Crippen LogP contribution in [-0.2, 0) is 9.48 Å². The molecule has 2 amide bonds. The fourth-order valence-electron chi connectivity index (χ4n) is 4.70. The van der Waals surface area contributed by atoms with E-state index in [2.05, 4.69) is 15.5 Å². The number of amides is 2.